The number of piperidine rings is 2. The Bertz CT molecular complexity index is 424. The van der Waals surface area contributed by atoms with Crippen LogP contribution in [-0.4, -0.2) is 53.6 Å². The molecule has 0 N–H and O–H groups in total. The van der Waals surface area contributed by atoms with Crippen molar-refractivity contribution >= 4 is 12.0 Å². The van der Waals surface area contributed by atoms with E-state index in [1.54, 1.807) is 0 Å². The molecule has 0 radical (unpaired) electrons. The summed E-state index contributed by atoms with van der Waals surface area (Å²) in [4.78, 5) is 28.0. The molecule has 2 aliphatic heterocycles. The van der Waals surface area contributed by atoms with Gasteiger partial charge in [0.1, 0.15) is 5.60 Å². The summed E-state index contributed by atoms with van der Waals surface area (Å²) in [6, 6.07) is 0. The monoisotopic (exact) mass is 324 g/mol. The van der Waals surface area contributed by atoms with Crippen LogP contribution in [0.1, 0.15) is 66.2 Å². The van der Waals surface area contributed by atoms with Gasteiger partial charge in [0.05, 0.1) is 0 Å². The maximum atomic E-state index is 12.1. The Morgan fingerprint density at radius 3 is 1.87 bits per heavy atom. The third-order valence-electron chi connectivity index (χ3n) is 5.12. The lowest BCUT2D eigenvalue weighted by Gasteiger charge is -2.46. The van der Waals surface area contributed by atoms with Crippen LogP contribution in [-0.2, 0) is 9.53 Å². The van der Waals surface area contributed by atoms with Crippen LogP contribution in [0.25, 0.3) is 0 Å². The van der Waals surface area contributed by atoms with Crippen molar-refractivity contribution in [2.75, 3.05) is 26.2 Å². The number of hydrogen-bond donors (Lipinski definition) is 0. The number of nitrogens with zero attached hydrogens (tertiary/aromatic N) is 2. The Morgan fingerprint density at radius 1 is 0.957 bits per heavy atom. The summed E-state index contributed by atoms with van der Waals surface area (Å²) < 4.78 is 5.46. The molecule has 0 atom stereocenters. The van der Waals surface area contributed by atoms with Gasteiger partial charge in [0.25, 0.3) is 0 Å². The second kappa shape index (κ2) is 7.10. The fourth-order valence-corrected chi connectivity index (χ4v) is 3.59. The van der Waals surface area contributed by atoms with Crippen molar-refractivity contribution in [2.45, 2.75) is 71.8 Å². The van der Waals surface area contributed by atoms with E-state index in [4.69, 9.17) is 4.74 Å². The molecule has 23 heavy (non-hydrogen) atoms. The Morgan fingerprint density at radius 2 is 1.43 bits per heavy atom. The van der Waals surface area contributed by atoms with Gasteiger partial charge in [-0.2, -0.15) is 0 Å². The quantitative estimate of drug-likeness (QED) is 0.782. The van der Waals surface area contributed by atoms with Crippen molar-refractivity contribution in [1.29, 1.82) is 0 Å². The molecule has 0 saturated carbocycles. The number of carbonyl (C=O) groups excluding carboxylic acids is 2. The topological polar surface area (TPSA) is 49.9 Å². The van der Waals surface area contributed by atoms with Gasteiger partial charge in [-0.1, -0.05) is 6.92 Å². The first-order valence-electron chi connectivity index (χ1n) is 9.00. The van der Waals surface area contributed by atoms with Crippen LogP contribution in [0, 0.1) is 5.41 Å². The van der Waals surface area contributed by atoms with E-state index < -0.39 is 5.60 Å². The third-order valence-corrected chi connectivity index (χ3v) is 5.12. The molecule has 2 heterocycles. The lowest BCUT2D eigenvalue weighted by Crippen LogP contribution is -2.50. The van der Waals surface area contributed by atoms with E-state index in [1.165, 1.54) is 0 Å². The van der Waals surface area contributed by atoms with Crippen LogP contribution in [0.4, 0.5) is 4.79 Å². The van der Waals surface area contributed by atoms with Gasteiger partial charge in [-0.15, -0.1) is 0 Å². The van der Waals surface area contributed by atoms with Crippen molar-refractivity contribution in [3.63, 3.8) is 0 Å². The van der Waals surface area contributed by atoms with E-state index in [0.29, 0.717) is 17.7 Å². The molecule has 0 aromatic carbocycles. The van der Waals surface area contributed by atoms with E-state index in [2.05, 4.69) is 6.92 Å². The summed E-state index contributed by atoms with van der Waals surface area (Å²) in [5, 5.41) is 0. The molecule has 0 unspecified atom stereocenters. The smallest absolute Gasteiger partial charge is 0.410 e. The second-order valence-corrected chi connectivity index (χ2v) is 8.10. The molecule has 5 heteroatoms. The number of amides is 2. The van der Waals surface area contributed by atoms with E-state index in [9.17, 15) is 9.59 Å². The molecule has 1 spiro atoms. The van der Waals surface area contributed by atoms with Crippen LogP contribution in [0.5, 0.6) is 0 Å². The van der Waals surface area contributed by atoms with Crippen molar-refractivity contribution in [2.24, 2.45) is 5.41 Å². The van der Waals surface area contributed by atoms with Crippen LogP contribution in [0.2, 0.25) is 0 Å². The lowest BCUT2D eigenvalue weighted by atomic mass is 9.71. The lowest BCUT2D eigenvalue weighted by molar-refractivity contribution is -0.134. The summed E-state index contributed by atoms with van der Waals surface area (Å²) in [5.41, 5.74) is -0.112. The zero-order valence-corrected chi connectivity index (χ0v) is 15.2. The fourth-order valence-electron chi connectivity index (χ4n) is 3.59. The molecule has 0 bridgehead atoms. The molecule has 2 saturated heterocycles. The Hall–Kier alpha value is -1.26. The standard InChI is InChI=1S/C18H32N2O3/c1-5-6-15(21)19-11-7-18(8-12-19)9-13-20(14-10-18)16(22)23-17(2,3)4/h5-14H2,1-4H3. The minimum Gasteiger partial charge on any atom is -0.444 e. The Kier molecular flexibility index (Phi) is 5.58. The van der Waals surface area contributed by atoms with Gasteiger partial charge in [-0.3, -0.25) is 4.79 Å². The number of hydrogen-bond acceptors (Lipinski definition) is 3. The van der Waals surface area contributed by atoms with E-state index in [-0.39, 0.29) is 6.09 Å². The molecule has 0 aromatic heterocycles. The highest BCUT2D eigenvalue weighted by Gasteiger charge is 2.39. The number of rotatable bonds is 2. The molecule has 2 amide bonds. The summed E-state index contributed by atoms with van der Waals surface area (Å²) in [7, 11) is 0. The minimum atomic E-state index is -0.433. The first kappa shape index (κ1) is 18.1. The molecule has 5 nitrogen and oxygen atoms in total. The summed E-state index contributed by atoms with van der Waals surface area (Å²) >= 11 is 0. The molecular formula is C18H32N2O3. The highest BCUT2D eigenvalue weighted by atomic mass is 16.6. The molecule has 132 valence electrons. The second-order valence-electron chi connectivity index (χ2n) is 8.10. The van der Waals surface area contributed by atoms with Crippen LogP contribution in [0.3, 0.4) is 0 Å². The van der Waals surface area contributed by atoms with Gasteiger partial charge in [0, 0.05) is 32.6 Å². The van der Waals surface area contributed by atoms with Crippen molar-refractivity contribution in [1.82, 2.24) is 9.80 Å². The molecular weight excluding hydrogens is 292 g/mol. The summed E-state index contributed by atoms with van der Waals surface area (Å²) in [6.45, 7) is 11.1. The van der Waals surface area contributed by atoms with Crippen LogP contribution in [0.15, 0.2) is 0 Å². The van der Waals surface area contributed by atoms with Gasteiger partial charge in [-0.25, -0.2) is 4.79 Å². The van der Waals surface area contributed by atoms with Gasteiger partial charge >= 0.3 is 6.09 Å². The van der Waals surface area contributed by atoms with Crippen molar-refractivity contribution in [3.05, 3.63) is 0 Å². The zero-order chi connectivity index (χ0) is 17.1. The normalized spacial score (nSPS) is 21.4. The molecule has 2 rings (SSSR count). The molecule has 0 aliphatic carbocycles. The average Bonchev–Trinajstić information content (AvgIpc) is 2.47. The summed E-state index contributed by atoms with van der Waals surface area (Å²) in [5.74, 6) is 0.300. The van der Waals surface area contributed by atoms with E-state index in [0.717, 1.165) is 58.3 Å². The van der Waals surface area contributed by atoms with E-state index in [1.807, 2.05) is 30.6 Å². The van der Waals surface area contributed by atoms with Gasteiger partial charge in [0.15, 0.2) is 0 Å². The fraction of sp³-hybridized carbons (Fsp3) is 0.889. The number of carbonyl (C=O) groups is 2. The highest BCUT2D eigenvalue weighted by molar-refractivity contribution is 5.76. The first-order valence-corrected chi connectivity index (χ1v) is 9.00. The highest BCUT2D eigenvalue weighted by Crippen LogP contribution is 2.41. The van der Waals surface area contributed by atoms with Crippen LogP contribution >= 0.6 is 0 Å². The van der Waals surface area contributed by atoms with Gasteiger partial charge in [-0.05, 0) is 58.3 Å². The number of likely N-dealkylation sites (tertiary alicyclic amines) is 2. The van der Waals surface area contributed by atoms with Crippen LogP contribution < -0.4 is 0 Å². The first-order chi connectivity index (χ1) is 10.7. The summed E-state index contributed by atoms with van der Waals surface area (Å²) in [6.07, 6.45) is 5.60. The number of ether oxygens (including phenoxy) is 1. The van der Waals surface area contributed by atoms with Gasteiger partial charge in [0.2, 0.25) is 5.91 Å². The molecule has 2 fully saturated rings. The largest absolute Gasteiger partial charge is 0.444 e. The van der Waals surface area contributed by atoms with E-state index >= 15 is 0 Å². The SMILES string of the molecule is CCCC(=O)N1CCC2(CC1)CCN(C(=O)OC(C)(C)C)CC2. The molecule has 0 aromatic rings. The van der Waals surface area contributed by atoms with Crippen molar-refractivity contribution < 1.29 is 14.3 Å². The van der Waals surface area contributed by atoms with Gasteiger partial charge < -0.3 is 14.5 Å². The zero-order valence-electron chi connectivity index (χ0n) is 15.2. The average molecular weight is 324 g/mol. The molecule has 2 aliphatic rings. The Labute approximate surface area is 140 Å². The predicted octanol–water partition coefficient (Wildman–Crippen LogP) is 3.43. The maximum Gasteiger partial charge on any atom is 0.410 e. The maximum absolute atomic E-state index is 12.1. The predicted molar refractivity (Wildman–Crippen MR) is 90.2 cm³/mol. The van der Waals surface area contributed by atoms with Crippen molar-refractivity contribution in [3.8, 4) is 0 Å². The minimum absolute atomic E-state index is 0.192. The Balaban J connectivity index is 1.81. The third kappa shape index (κ3) is 4.85.